The third kappa shape index (κ3) is 3.01. The lowest BCUT2D eigenvalue weighted by molar-refractivity contribution is 0.339. The second-order valence-corrected chi connectivity index (χ2v) is 4.92. The van der Waals surface area contributed by atoms with Crippen LogP contribution in [0, 0.1) is 11.8 Å². The summed E-state index contributed by atoms with van der Waals surface area (Å²) in [6.07, 6.45) is 1.34. The molecule has 17 heavy (non-hydrogen) atoms. The summed E-state index contributed by atoms with van der Waals surface area (Å²) >= 11 is 0. The van der Waals surface area contributed by atoms with E-state index in [1.807, 2.05) is 13.0 Å². The Balaban J connectivity index is 2.14. The first kappa shape index (κ1) is 12.4. The molecule has 1 saturated carbocycles. The number of rotatable bonds is 6. The first-order valence-corrected chi connectivity index (χ1v) is 6.72. The molecule has 1 N–H and O–H groups in total. The lowest BCUT2D eigenvalue weighted by Crippen LogP contribution is -2.23. The van der Waals surface area contributed by atoms with Crippen molar-refractivity contribution in [1.82, 2.24) is 5.32 Å². The molecule has 1 aliphatic carbocycles. The van der Waals surface area contributed by atoms with Gasteiger partial charge in [0.1, 0.15) is 5.75 Å². The highest BCUT2D eigenvalue weighted by molar-refractivity contribution is 5.31. The molecule has 1 aromatic rings. The van der Waals surface area contributed by atoms with E-state index in [9.17, 15) is 0 Å². The molecule has 2 nitrogen and oxygen atoms in total. The minimum absolute atomic E-state index is 0.496. The fraction of sp³-hybridized carbons (Fsp3) is 0.600. The predicted molar refractivity (Wildman–Crippen MR) is 71.3 cm³/mol. The van der Waals surface area contributed by atoms with E-state index in [1.165, 1.54) is 12.0 Å². The maximum atomic E-state index is 5.57. The van der Waals surface area contributed by atoms with E-state index in [2.05, 4.69) is 37.4 Å². The van der Waals surface area contributed by atoms with Crippen molar-refractivity contribution < 1.29 is 4.74 Å². The van der Waals surface area contributed by atoms with Crippen molar-refractivity contribution in [2.75, 3.05) is 13.2 Å². The molecule has 1 fully saturated rings. The lowest BCUT2D eigenvalue weighted by atomic mass is 10.0. The zero-order valence-electron chi connectivity index (χ0n) is 11.1. The van der Waals surface area contributed by atoms with Crippen LogP contribution < -0.4 is 10.1 Å². The minimum Gasteiger partial charge on any atom is -0.494 e. The van der Waals surface area contributed by atoms with E-state index in [-0.39, 0.29) is 0 Å². The van der Waals surface area contributed by atoms with Crippen LogP contribution in [-0.4, -0.2) is 13.2 Å². The zero-order valence-corrected chi connectivity index (χ0v) is 11.1. The van der Waals surface area contributed by atoms with Gasteiger partial charge in [-0.1, -0.05) is 26.0 Å². The molecule has 0 bridgehead atoms. The molecule has 3 unspecified atom stereocenters. The molecule has 0 saturated heterocycles. The molecular weight excluding hydrogens is 210 g/mol. The van der Waals surface area contributed by atoms with E-state index in [4.69, 9.17) is 4.74 Å². The highest BCUT2D eigenvalue weighted by Crippen LogP contribution is 2.47. The largest absolute Gasteiger partial charge is 0.494 e. The van der Waals surface area contributed by atoms with Crippen LogP contribution in [0.1, 0.15) is 38.8 Å². The van der Waals surface area contributed by atoms with Gasteiger partial charge in [-0.3, -0.25) is 0 Å². The van der Waals surface area contributed by atoms with Crippen LogP contribution in [0.15, 0.2) is 24.3 Å². The smallest absolute Gasteiger partial charge is 0.119 e. The number of hydrogen-bond acceptors (Lipinski definition) is 2. The summed E-state index contributed by atoms with van der Waals surface area (Å²) in [7, 11) is 0. The summed E-state index contributed by atoms with van der Waals surface area (Å²) in [6.45, 7) is 8.28. The van der Waals surface area contributed by atoms with E-state index < -0.39 is 0 Å². The number of ether oxygens (including phenoxy) is 1. The third-order valence-electron chi connectivity index (χ3n) is 3.55. The fourth-order valence-electron chi connectivity index (χ4n) is 2.52. The summed E-state index contributed by atoms with van der Waals surface area (Å²) < 4.78 is 5.57. The molecule has 1 aromatic carbocycles. The monoisotopic (exact) mass is 233 g/mol. The Morgan fingerprint density at radius 3 is 2.76 bits per heavy atom. The highest BCUT2D eigenvalue weighted by atomic mass is 16.5. The molecule has 0 spiro atoms. The van der Waals surface area contributed by atoms with Gasteiger partial charge in [0.15, 0.2) is 0 Å². The van der Waals surface area contributed by atoms with Crippen LogP contribution in [0.25, 0.3) is 0 Å². The fourth-order valence-corrected chi connectivity index (χ4v) is 2.52. The lowest BCUT2D eigenvalue weighted by Gasteiger charge is -2.19. The van der Waals surface area contributed by atoms with Crippen LogP contribution >= 0.6 is 0 Å². The van der Waals surface area contributed by atoms with Crippen molar-refractivity contribution in [3.8, 4) is 5.75 Å². The molecular formula is C15H23NO. The molecule has 0 heterocycles. The molecule has 3 atom stereocenters. The number of hydrogen-bond donors (Lipinski definition) is 1. The summed E-state index contributed by atoms with van der Waals surface area (Å²) in [5, 5.41) is 3.61. The van der Waals surface area contributed by atoms with Gasteiger partial charge in [-0.2, -0.15) is 0 Å². The van der Waals surface area contributed by atoms with Gasteiger partial charge < -0.3 is 10.1 Å². The van der Waals surface area contributed by atoms with Crippen molar-refractivity contribution in [2.24, 2.45) is 11.8 Å². The Kier molecular flexibility index (Phi) is 4.06. The maximum Gasteiger partial charge on any atom is 0.119 e. The van der Waals surface area contributed by atoms with Gasteiger partial charge in [0, 0.05) is 6.04 Å². The average Bonchev–Trinajstić information content (AvgIpc) is 3.04. The minimum atomic E-state index is 0.496. The third-order valence-corrected chi connectivity index (χ3v) is 3.55. The molecule has 2 rings (SSSR count). The quantitative estimate of drug-likeness (QED) is 0.813. The normalized spacial score (nSPS) is 24.4. The van der Waals surface area contributed by atoms with E-state index in [0.29, 0.717) is 6.04 Å². The SMILES string of the molecule is CCNC(c1cccc(OCC)c1)C1CC1C. The zero-order chi connectivity index (χ0) is 12.3. The molecule has 94 valence electrons. The van der Waals surface area contributed by atoms with Crippen LogP contribution in [0.4, 0.5) is 0 Å². The van der Waals surface area contributed by atoms with Gasteiger partial charge in [0.2, 0.25) is 0 Å². The number of nitrogens with one attached hydrogen (secondary N) is 1. The van der Waals surface area contributed by atoms with Crippen LogP contribution in [0.3, 0.4) is 0 Å². The predicted octanol–water partition coefficient (Wildman–Crippen LogP) is 3.39. The first-order chi connectivity index (χ1) is 8.26. The van der Waals surface area contributed by atoms with Crippen molar-refractivity contribution >= 4 is 0 Å². The van der Waals surface area contributed by atoms with Crippen LogP contribution in [-0.2, 0) is 0 Å². The first-order valence-electron chi connectivity index (χ1n) is 6.72. The van der Waals surface area contributed by atoms with Crippen molar-refractivity contribution in [3.63, 3.8) is 0 Å². The Morgan fingerprint density at radius 2 is 2.18 bits per heavy atom. The van der Waals surface area contributed by atoms with Crippen molar-refractivity contribution in [1.29, 1.82) is 0 Å². The summed E-state index contributed by atoms with van der Waals surface area (Å²) in [4.78, 5) is 0. The van der Waals surface area contributed by atoms with Crippen LogP contribution in [0.2, 0.25) is 0 Å². The molecule has 0 amide bonds. The van der Waals surface area contributed by atoms with Gasteiger partial charge in [0.25, 0.3) is 0 Å². The van der Waals surface area contributed by atoms with Crippen molar-refractivity contribution in [2.45, 2.75) is 33.2 Å². The molecule has 0 aromatic heterocycles. The molecule has 0 aliphatic heterocycles. The summed E-state index contributed by atoms with van der Waals surface area (Å²) in [6, 6.07) is 9.02. The van der Waals surface area contributed by atoms with E-state index in [0.717, 1.165) is 30.7 Å². The maximum absolute atomic E-state index is 5.57. The number of benzene rings is 1. The second kappa shape index (κ2) is 5.54. The Hall–Kier alpha value is -1.02. The topological polar surface area (TPSA) is 21.3 Å². The summed E-state index contributed by atoms with van der Waals surface area (Å²) in [5.41, 5.74) is 1.37. The Labute approximate surface area is 104 Å². The van der Waals surface area contributed by atoms with Gasteiger partial charge in [0.05, 0.1) is 6.61 Å². The standard InChI is InChI=1S/C15H23NO/c1-4-16-15(14-9-11(14)3)12-7-6-8-13(10-12)17-5-2/h6-8,10-11,14-16H,4-5,9H2,1-3H3. The average molecular weight is 233 g/mol. The molecule has 1 aliphatic rings. The highest BCUT2D eigenvalue weighted by Gasteiger charge is 2.39. The van der Waals surface area contributed by atoms with Crippen molar-refractivity contribution in [3.05, 3.63) is 29.8 Å². The van der Waals surface area contributed by atoms with Gasteiger partial charge in [-0.15, -0.1) is 0 Å². The Morgan fingerprint density at radius 1 is 1.41 bits per heavy atom. The van der Waals surface area contributed by atoms with E-state index >= 15 is 0 Å². The summed E-state index contributed by atoms with van der Waals surface area (Å²) in [5.74, 6) is 2.64. The molecule has 0 radical (unpaired) electrons. The second-order valence-electron chi connectivity index (χ2n) is 4.92. The van der Waals surface area contributed by atoms with Gasteiger partial charge in [-0.25, -0.2) is 0 Å². The van der Waals surface area contributed by atoms with E-state index in [1.54, 1.807) is 0 Å². The van der Waals surface area contributed by atoms with Gasteiger partial charge >= 0.3 is 0 Å². The molecule has 2 heteroatoms. The Bertz CT molecular complexity index is 364. The van der Waals surface area contributed by atoms with Gasteiger partial charge in [-0.05, 0) is 49.4 Å². The van der Waals surface area contributed by atoms with Crippen LogP contribution in [0.5, 0.6) is 5.75 Å².